The topological polar surface area (TPSA) is 33.8 Å². The Balaban J connectivity index is 1.14. The monoisotopic (exact) mass is 893 g/mol. The Kier molecular flexibility index (Phi) is 9.25. The number of fused-ring (bicyclic) bond motifs is 10. The molecule has 0 saturated heterocycles. The third kappa shape index (κ3) is 6.29. The average Bonchev–Trinajstić information content (AvgIpc) is 3.40. The maximum Gasteiger partial charge on any atom is 0.252 e. The standard InChI is InChI=1S/C62H46B3N5/c1-39-29-33-43(34-30-39)68(44-35-31-40(2)32-36-44)45-37-50(66-41-17-5-3-6-18-41)56(51(38-45)67-42-19-7-4-8-20-42)57-58-61-60-62-59(57)64-47-22-10-14-26-53(47)70(62)55-28-16-12-24-49(55)65(60)48-23-11-15-27-54(48)69(61)52-25-13-9-21-46(52)63-58/h3-38,63-64,66-67H,1-2H3. The maximum absolute atomic E-state index is 4.09. The summed E-state index contributed by atoms with van der Waals surface area (Å²) < 4.78 is 0. The molecule has 0 amide bonds. The highest BCUT2D eigenvalue weighted by molar-refractivity contribution is 7.02. The SMILES string of the molecule is Cc1ccc(N(c2ccc(C)cc2)c2cc(Nc3ccccc3)c(-c3c4c5c6c7c3Bc3ccccc3N7c3ccccc3B6c3ccccc3N5c3ccccc3B4)c(Nc3ccccc3)c2)cc1. The van der Waals surface area contributed by atoms with Crippen molar-refractivity contribution in [3.63, 3.8) is 0 Å². The zero-order chi connectivity index (χ0) is 46.5. The van der Waals surface area contributed by atoms with Gasteiger partial charge in [-0.15, -0.1) is 0 Å². The summed E-state index contributed by atoms with van der Waals surface area (Å²) in [5.41, 5.74) is 29.1. The van der Waals surface area contributed by atoms with Gasteiger partial charge in [-0.1, -0.05) is 156 Å². The van der Waals surface area contributed by atoms with Crippen molar-refractivity contribution in [2.24, 2.45) is 0 Å². The summed E-state index contributed by atoms with van der Waals surface area (Å²) in [5, 5.41) is 8.18. The van der Waals surface area contributed by atoms with Gasteiger partial charge in [-0.25, -0.2) is 0 Å². The Hall–Kier alpha value is -8.61. The van der Waals surface area contributed by atoms with Crippen molar-refractivity contribution in [3.8, 4) is 11.1 Å². The van der Waals surface area contributed by atoms with Crippen LogP contribution in [0.5, 0.6) is 0 Å². The van der Waals surface area contributed by atoms with Gasteiger partial charge in [-0.05, 0) is 132 Å². The lowest BCUT2D eigenvalue weighted by atomic mass is 9.31. The lowest BCUT2D eigenvalue weighted by Crippen LogP contribution is -2.67. The third-order valence-electron chi connectivity index (χ3n) is 14.9. The first-order valence-corrected chi connectivity index (χ1v) is 24.5. The van der Waals surface area contributed by atoms with Crippen molar-refractivity contribution in [1.82, 2.24) is 0 Å². The zero-order valence-electron chi connectivity index (χ0n) is 39.1. The van der Waals surface area contributed by atoms with E-state index in [1.165, 1.54) is 89.1 Å². The molecule has 0 fully saturated rings. The number of aryl methyl sites for hydroxylation is 2. The Morgan fingerprint density at radius 2 is 0.800 bits per heavy atom. The minimum atomic E-state index is 0.0516. The van der Waals surface area contributed by atoms with Gasteiger partial charge in [0.1, 0.15) is 0 Å². The fourth-order valence-electron chi connectivity index (χ4n) is 11.9. The average molecular weight is 894 g/mol. The molecule has 0 aromatic heterocycles. The van der Waals surface area contributed by atoms with Crippen LogP contribution in [-0.4, -0.2) is 21.3 Å². The molecular formula is C62H46B3N5. The van der Waals surface area contributed by atoms with Crippen LogP contribution in [0, 0.1) is 13.8 Å². The molecular weight excluding hydrogens is 847 g/mol. The number of hydrogen-bond donors (Lipinski definition) is 2. The van der Waals surface area contributed by atoms with Crippen LogP contribution >= 0.6 is 0 Å². The highest BCUT2D eigenvalue weighted by atomic mass is 15.2. The van der Waals surface area contributed by atoms with Gasteiger partial charge >= 0.3 is 0 Å². The first kappa shape index (κ1) is 40.5. The number of para-hydroxylation sites is 6. The molecule has 14 rings (SSSR count). The maximum atomic E-state index is 4.09. The minimum absolute atomic E-state index is 0.0516. The Morgan fingerprint density at radius 1 is 0.400 bits per heavy atom. The summed E-state index contributed by atoms with van der Waals surface area (Å²) in [4.78, 5) is 7.63. The van der Waals surface area contributed by atoms with Crippen molar-refractivity contribution in [1.29, 1.82) is 0 Å². The van der Waals surface area contributed by atoms with Gasteiger partial charge in [-0.3, -0.25) is 0 Å². The molecule has 10 aromatic carbocycles. The van der Waals surface area contributed by atoms with Crippen LogP contribution in [0.3, 0.4) is 0 Å². The van der Waals surface area contributed by atoms with Crippen LogP contribution < -0.4 is 63.6 Å². The molecule has 2 N–H and O–H groups in total. The van der Waals surface area contributed by atoms with Gasteiger partial charge in [0.2, 0.25) is 0 Å². The van der Waals surface area contributed by atoms with Crippen LogP contribution in [0.15, 0.2) is 218 Å². The van der Waals surface area contributed by atoms with Crippen molar-refractivity contribution < 1.29 is 0 Å². The first-order valence-electron chi connectivity index (χ1n) is 24.5. The van der Waals surface area contributed by atoms with Gasteiger partial charge in [-0.2, -0.15) is 0 Å². The molecule has 70 heavy (non-hydrogen) atoms. The molecule has 5 nitrogen and oxygen atoms in total. The number of nitrogens with one attached hydrogen (secondary N) is 2. The first-order chi connectivity index (χ1) is 34.6. The van der Waals surface area contributed by atoms with Gasteiger partial charge in [0, 0.05) is 62.4 Å². The molecule has 4 aliphatic rings. The normalized spacial score (nSPS) is 12.9. The highest BCUT2D eigenvalue weighted by Crippen LogP contribution is 2.50. The molecule has 10 aromatic rings. The van der Waals surface area contributed by atoms with Crippen molar-refractivity contribution in [2.45, 2.75) is 13.8 Å². The largest absolute Gasteiger partial charge is 0.355 e. The highest BCUT2D eigenvalue weighted by Gasteiger charge is 2.49. The second kappa shape index (κ2) is 16.0. The molecule has 0 bridgehead atoms. The van der Waals surface area contributed by atoms with Gasteiger partial charge in [0.05, 0.1) is 17.1 Å². The van der Waals surface area contributed by atoms with E-state index in [-0.39, 0.29) is 6.71 Å². The van der Waals surface area contributed by atoms with Crippen LogP contribution in [0.25, 0.3) is 11.1 Å². The number of benzene rings is 10. The van der Waals surface area contributed by atoms with Crippen molar-refractivity contribution >= 4 is 133 Å². The summed E-state index contributed by atoms with van der Waals surface area (Å²) in [7, 11) is 1.57. The quantitative estimate of drug-likeness (QED) is 0.149. The van der Waals surface area contributed by atoms with Crippen molar-refractivity contribution in [3.05, 3.63) is 230 Å². The number of rotatable bonds is 8. The molecule has 0 spiro atoms. The molecule has 0 radical (unpaired) electrons. The van der Waals surface area contributed by atoms with Crippen LogP contribution in [0.4, 0.5) is 73.9 Å². The molecule has 0 saturated carbocycles. The molecule has 4 heterocycles. The van der Waals surface area contributed by atoms with E-state index in [1.54, 1.807) is 0 Å². The lowest BCUT2D eigenvalue weighted by molar-refractivity contribution is 1.26. The number of nitrogens with zero attached hydrogens (tertiary/aromatic N) is 3. The van der Waals surface area contributed by atoms with E-state index in [1.807, 2.05) is 0 Å². The Bertz CT molecular complexity index is 3480. The molecule has 328 valence electrons. The summed E-state index contributed by atoms with van der Waals surface area (Å²) in [6.45, 7) is 4.36. The van der Waals surface area contributed by atoms with E-state index in [0.29, 0.717) is 0 Å². The number of anilines is 13. The van der Waals surface area contributed by atoms with E-state index >= 15 is 0 Å². The van der Waals surface area contributed by atoms with Crippen LogP contribution in [-0.2, 0) is 0 Å². The summed E-state index contributed by atoms with van der Waals surface area (Å²) in [6.07, 6.45) is 0. The van der Waals surface area contributed by atoms with E-state index in [2.05, 4.69) is 258 Å². The van der Waals surface area contributed by atoms with Crippen molar-refractivity contribution in [2.75, 3.05) is 25.3 Å². The summed E-state index contributed by atoms with van der Waals surface area (Å²) in [5.74, 6) is 0. The van der Waals surface area contributed by atoms with Gasteiger partial charge in [0.25, 0.3) is 6.71 Å². The smallest absolute Gasteiger partial charge is 0.252 e. The second-order valence-corrected chi connectivity index (χ2v) is 19.2. The fourth-order valence-corrected chi connectivity index (χ4v) is 11.9. The predicted octanol–water partition coefficient (Wildman–Crippen LogP) is 10.4. The molecule has 4 aliphatic heterocycles. The van der Waals surface area contributed by atoms with E-state index in [9.17, 15) is 0 Å². The fraction of sp³-hybridized carbons (Fsp3) is 0.0323. The van der Waals surface area contributed by atoms with E-state index in [0.717, 1.165) is 59.9 Å². The van der Waals surface area contributed by atoms with Gasteiger partial charge in [0.15, 0.2) is 14.6 Å². The van der Waals surface area contributed by atoms with E-state index in [4.69, 9.17) is 0 Å². The minimum Gasteiger partial charge on any atom is -0.355 e. The predicted molar refractivity (Wildman–Crippen MR) is 302 cm³/mol. The lowest BCUT2D eigenvalue weighted by Gasteiger charge is -2.50. The third-order valence-corrected chi connectivity index (χ3v) is 14.9. The summed E-state index contributed by atoms with van der Waals surface area (Å²) >= 11 is 0. The molecule has 0 unspecified atom stereocenters. The molecule has 0 aliphatic carbocycles. The van der Waals surface area contributed by atoms with E-state index < -0.39 is 0 Å². The number of hydrogen-bond acceptors (Lipinski definition) is 5. The Labute approximate surface area is 411 Å². The van der Waals surface area contributed by atoms with Crippen LogP contribution in [0.2, 0.25) is 0 Å². The Morgan fingerprint density at radius 3 is 1.26 bits per heavy atom. The summed E-state index contributed by atoms with van der Waals surface area (Å²) in [6, 6.07) is 80.5. The molecule has 8 heteroatoms. The zero-order valence-corrected chi connectivity index (χ0v) is 39.1. The van der Waals surface area contributed by atoms with Crippen LogP contribution in [0.1, 0.15) is 11.1 Å². The van der Waals surface area contributed by atoms with Gasteiger partial charge < -0.3 is 25.3 Å². The second-order valence-electron chi connectivity index (χ2n) is 19.2. The molecule has 0 atom stereocenters.